The Kier molecular flexibility index (Phi) is 4.71. The van der Waals surface area contributed by atoms with Crippen molar-refractivity contribution in [3.8, 4) is 11.5 Å². The molecule has 0 radical (unpaired) electrons. The Bertz CT molecular complexity index is 608. The SMILES string of the molecule is COc1cc(N)c(NC(=O)CCc2ccco2)cc1OC. The fraction of sp³-hybridized carbons (Fsp3) is 0.267. The zero-order valence-electron chi connectivity index (χ0n) is 12.0. The van der Waals surface area contributed by atoms with Gasteiger partial charge in [0.05, 0.1) is 31.9 Å². The summed E-state index contributed by atoms with van der Waals surface area (Å²) in [4.78, 5) is 11.9. The fourth-order valence-corrected chi connectivity index (χ4v) is 1.91. The number of anilines is 2. The lowest BCUT2D eigenvalue weighted by molar-refractivity contribution is -0.116. The van der Waals surface area contributed by atoms with Crippen molar-refractivity contribution in [3.63, 3.8) is 0 Å². The molecule has 0 aliphatic heterocycles. The minimum absolute atomic E-state index is 0.148. The van der Waals surface area contributed by atoms with Gasteiger partial charge in [0.25, 0.3) is 0 Å². The van der Waals surface area contributed by atoms with Crippen LogP contribution in [0.1, 0.15) is 12.2 Å². The summed E-state index contributed by atoms with van der Waals surface area (Å²) in [6, 6.07) is 6.87. The van der Waals surface area contributed by atoms with Crippen LogP contribution in [0.5, 0.6) is 11.5 Å². The molecule has 21 heavy (non-hydrogen) atoms. The molecule has 0 aliphatic carbocycles. The van der Waals surface area contributed by atoms with Gasteiger partial charge in [-0.1, -0.05) is 0 Å². The monoisotopic (exact) mass is 290 g/mol. The smallest absolute Gasteiger partial charge is 0.224 e. The number of benzene rings is 1. The number of nitrogens with one attached hydrogen (secondary N) is 1. The van der Waals surface area contributed by atoms with Crippen LogP contribution in [0.25, 0.3) is 0 Å². The molecule has 2 rings (SSSR count). The molecule has 0 saturated carbocycles. The number of methoxy groups -OCH3 is 2. The first kappa shape index (κ1) is 14.8. The van der Waals surface area contributed by atoms with E-state index in [9.17, 15) is 4.79 Å². The summed E-state index contributed by atoms with van der Waals surface area (Å²) in [7, 11) is 3.05. The fourth-order valence-electron chi connectivity index (χ4n) is 1.91. The molecule has 0 unspecified atom stereocenters. The molecule has 0 saturated heterocycles. The molecular weight excluding hydrogens is 272 g/mol. The first-order valence-electron chi connectivity index (χ1n) is 6.47. The number of nitrogen functional groups attached to an aromatic ring is 1. The standard InChI is InChI=1S/C15H18N2O4/c1-19-13-8-11(16)12(9-14(13)20-2)17-15(18)6-5-10-4-3-7-21-10/h3-4,7-9H,5-6,16H2,1-2H3,(H,17,18). The summed E-state index contributed by atoms with van der Waals surface area (Å²) in [5.74, 6) is 1.65. The van der Waals surface area contributed by atoms with Crippen LogP contribution in [0.4, 0.5) is 11.4 Å². The van der Waals surface area contributed by atoms with Crippen LogP contribution in [-0.2, 0) is 11.2 Å². The zero-order chi connectivity index (χ0) is 15.2. The van der Waals surface area contributed by atoms with E-state index in [0.717, 1.165) is 5.76 Å². The first-order chi connectivity index (χ1) is 10.1. The van der Waals surface area contributed by atoms with E-state index in [-0.39, 0.29) is 5.91 Å². The minimum Gasteiger partial charge on any atom is -0.493 e. The van der Waals surface area contributed by atoms with Gasteiger partial charge in [-0.2, -0.15) is 0 Å². The quantitative estimate of drug-likeness (QED) is 0.798. The van der Waals surface area contributed by atoms with E-state index >= 15 is 0 Å². The van der Waals surface area contributed by atoms with E-state index < -0.39 is 0 Å². The van der Waals surface area contributed by atoms with Gasteiger partial charge in [-0.05, 0) is 12.1 Å². The molecule has 0 fully saturated rings. The maximum Gasteiger partial charge on any atom is 0.224 e. The van der Waals surface area contributed by atoms with Gasteiger partial charge in [-0.15, -0.1) is 0 Å². The number of amides is 1. The molecule has 6 heteroatoms. The Morgan fingerprint density at radius 2 is 2.00 bits per heavy atom. The van der Waals surface area contributed by atoms with Crippen molar-refractivity contribution in [1.82, 2.24) is 0 Å². The Hall–Kier alpha value is -2.63. The Balaban J connectivity index is 2.03. The van der Waals surface area contributed by atoms with Gasteiger partial charge in [0.1, 0.15) is 5.76 Å². The van der Waals surface area contributed by atoms with Gasteiger partial charge in [0.2, 0.25) is 5.91 Å². The van der Waals surface area contributed by atoms with Crippen LogP contribution in [0.3, 0.4) is 0 Å². The van der Waals surface area contributed by atoms with Gasteiger partial charge in [-0.3, -0.25) is 4.79 Å². The second-order valence-electron chi connectivity index (χ2n) is 4.42. The van der Waals surface area contributed by atoms with E-state index in [1.807, 2.05) is 6.07 Å². The molecule has 0 aliphatic rings. The molecule has 112 valence electrons. The van der Waals surface area contributed by atoms with Crippen LogP contribution in [0.15, 0.2) is 34.9 Å². The average molecular weight is 290 g/mol. The number of hydrogen-bond donors (Lipinski definition) is 2. The third-order valence-electron chi connectivity index (χ3n) is 3.01. The topological polar surface area (TPSA) is 86.7 Å². The number of carbonyl (C=O) groups is 1. The summed E-state index contributed by atoms with van der Waals surface area (Å²) < 4.78 is 15.5. The highest BCUT2D eigenvalue weighted by Crippen LogP contribution is 2.34. The zero-order valence-corrected chi connectivity index (χ0v) is 12.0. The van der Waals surface area contributed by atoms with Crippen LogP contribution >= 0.6 is 0 Å². The number of aryl methyl sites for hydroxylation is 1. The van der Waals surface area contributed by atoms with Crippen molar-refractivity contribution in [2.75, 3.05) is 25.3 Å². The van der Waals surface area contributed by atoms with Crippen LogP contribution in [0.2, 0.25) is 0 Å². The van der Waals surface area contributed by atoms with E-state index in [2.05, 4.69) is 5.32 Å². The molecule has 1 aromatic carbocycles. The van der Waals surface area contributed by atoms with Crippen LogP contribution in [-0.4, -0.2) is 20.1 Å². The lowest BCUT2D eigenvalue weighted by Crippen LogP contribution is -2.13. The first-order valence-corrected chi connectivity index (χ1v) is 6.47. The number of furan rings is 1. The molecule has 1 amide bonds. The molecule has 3 N–H and O–H groups in total. The van der Waals surface area contributed by atoms with Crippen molar-refractivity contribution >= 4 is 17.3 Å². The number of ether oxygens (including phenoxy) is 2. The van der Waals surface area contributed by atoms with Crippen LogP contribution in [0, 0.1) is 0 Å². The van der Waals surface area contributed by atoms with E-state index in [0.29, 0.717) is 35.7 Å². The molecule has 1 aromatic heterocycles. The van der Waals surface area contributed by atoms with Crippen molar-refractivity contribution in [2.45, 2.75) is 12.8 Å². The summed E-state index contributed by atoms with van der Waals surface area (Å²) >= 11 is 0. The normalized spacial score (nSPS) is 10.2. The third-order valence-corrected chi connectivity index (χ3v) is 3.01. The van der Waals surface area contributed by atoms with Crippen molar-refractivity contribution < 1.29 is 18.7 Å². The minimum atomic E-state index is -0.148. The van der Waals surface area contributed by atoms with E-state index in [1.165, 1.54) is 14.2 Å². The molecule has 2 aromatic rings. The predicted molar refractivity (Wildman–Crippen MR) is 79.6 cm³/mol. The predicted octanol–water partition coefficient (Wildman–Crippen LogP) is 2.45. The largest absolute Gasteiger partial charge is 0.493 e. The maximum absolute atomic E-state index is 11.9. The van der Waals surface area contributed by atoms with Crippen molar-refractivity contribution in [1.29, 1.82) is 0 Å². The van der Waals surface area contributed by atoms with E-state index in [1.54, 1.807) is 24.5 Å². The summed E-state index contributed by atoms with van der Waals surface area (Å²) in [5, 5.41) is 2.76. The van der Waals surface area contributed by atoms with Gasteiger partial charge in [0, 0.05) is 25.0 Å². The van der Waals surface area contributed by atoms with Gasteiger partial charge >= 0.3 is 0 Å². The molecule has 6 nitrogen and oxygen atoms in total. The summed E-state index contributed by atoms with van der Waals surface area (Å²) in [6.45, 7) is 0. The highest BCUT2D eigenvalue weighted by Gasteiger charge is 2.12. The number of hydrogen-bond acceptors (Lipinski definition) is 5. The molecule has 0 spiro atoms. The second-order valence-corrected chi connectivity index (χ2v) is 4.42. The maximum atomic E-state index is 11.9. The second kappa shape index (κ2) is 6.69. The van der Waals surface area contributed by atoms with Crippen LogP contribution < -0.4 is 20.5 Å². The number of rotatable bonds is 6. The Morgan fingerprint density at radius 1 is 1.29 bits per heavy atom. The van der Waals surface area contributed by atoms with Crippen molar-refractivity contribution in [2.24, 2.45) is 0 Å². The summed E-state index contributed by atoms with van der Waals surface area (Å²) in [6.07, 6.45) is 2.42. The number of nitrogens with two attached hydrogens (primary N) is 1. The highest BCUT2D eigenvalue weighted by molar-refractivity contribution is 5.94. The van der Waals surface area contributed by atoms with Gasteiger partial charge in [-0.25, -0.2) is 0 Å². The lowest BCUT2D eigenvalue weighted by atomic mass is 10.2. The molecule has 1 heterocycles. The molecular formula is C15H18N2O4. The third kappa shape index (κ3) is 3.68. The Morgan fingerprint density at radius 3 is 2.62 bits per heavy atom. The number of carbonyl (C=O) groups excluding carboxylic acids is 1. The lowest BCUT2D eigenvalue weighted by Gasteiger charge is -2.13. The van der Waals surface area contributed by atoms with Crippen molar-refractivity contribution in [3.05, 3.63) is 36.3 Å². The average Bonchev–Trinajstić information content (AvgIpc) is 3.00. The Labute approximate surface area is 122 Å². The molecule has 0 atom stereocenters. The summed E-state index contributed by atoms with van der Waals surface area (Å²) in [5.41, 5.74) is 6.80. The van der Waals surface area contributed by atoms with Gasteiger partial charge < -0.3 is 24.9 Å². The highest BCUT2D eigenvalue weighted by atomic mass is 16.5. The molecule has 0 bridgehead atoms. The van der Waals surface area contributed by atoms with Gasteiger partial charge in [0.15, 0.2) is 11.5 Å². The van der Waals surface area contributed by atoms with E-state index in [4.69, 9.17) is 19.6 Å².